The summed E-state index contributed by atoms with van der Waals surface area (Å²) < 4.78 is 5.26. The molecule has 2 saturated heterocycles. The van der Waals surface area contributed by atoms with Crippen LogP contribution >= 0.6 is 0 Å². The molecule has 2 aliphatic heterocycles. The first-order valence-corrected chi connectivity index (χ1v) is 7.75. The number of ether oxygens (including phenoxy) is 1. The van der Waals surface area contributed by atoms with E-state index in [1.165, 1.54) is 0 Å². The minimum Gasteiger partial charge on any atom is -0.386 e. The number of carbonyl (C=O) groups is 1. The summed E-state index contributed by atoms with van der Waals surface area (Å²) >= 11 is 0. The standard InChI is InChI=1S/C15H22N4O3/c20-14(12-1-7-22-8-2-12)18-10-15(21)3-6-19(11-15)13-9-16-4-5-17-13/h4-5,9,12,21H,1-3,6-8,10-11H2,(H,18,20). The minimum absolute atomic E-state index is 0.00912. The van der Waals surface area contributed by atoms with E-state index >= 15 is 0 Å². The van der Waals surface area contributed by atoms with Crippen LogP contribution in [0.1, 0.15) is 19.3 Å². The molecule has 1 unspecified atom stereocenters. The van der Waals surface area contributed by atoms with E-state index < -0.39 is 5.60 Å². The van der Waals surface area contributed by atoms with Crippen molar-refractivity contribution in [1.82, 2.24) is 15.3 Å². The minimum atomic E-state index is -0.904. The molecule has 2 N–H and O–H groups in total. The topological polar surface area (TPSA) is 87.6 Å². The van der Waals surface area contributed by atoms with E-state index in [1.54, 1.807) is 18.6 Å². The second-order valence-corrected chi connectivity index (χ2v) is 6.06. The third-order valence-electron chi connectivity index (χ3n) is 4.39. The predicted molar refractivity (Wildman–Crippen MR) is 80.4 cm³/mol. The lowest BCUT2D eigenvalue weighted by Crippen LogP contribution is -2.47. The Labute approximate surface area is 129 Å². The zero-order valence-electron chi connectivity index (χ0n) is 12.6. The molecule has 2 aliphatic rings. The van der Waals surface area contributed by atoms with E-state index in [-0.39, 0.29) is 18.4 Å². The van der Waals surface area contributed by atoms with Crippen LogP contribution in [0.5, 0.6) is 0 Å². The van der Waals surface area contributed by atoms with Crippen LogP contribution < -0.4 is 10.2 Å². The van der Waals surface area contributed by atoms with E-state index in [1.807, 2.05) is 4.90 Å². The Balaban J connectivity index is 1.51. The summed E-state index contributed by atoms with van der Waals surface area (Å²) in [6.07, 6.45) is 7.08. The maximum atomic E-state index is 12.1. The van der Waals surface area contributed by atoms with Gasteiger partial charge in [0.1, 0.15) is 11.4 Å². The second-order valence-electron chi connectivity index (χ2n) is 6.06. The van der Waals surface area contributed by atoms with E-state index in [0.29, 0.717) is 32.7 Å². The van der Waals surface area contributed by atoms with Gasteiger partial charge in [-0.2, -0.15) is 0 Å². The molecule has 7 heteroatoms. The molecule has 1 aromatic rings. The highest BCUT2D eigenvalue weighted by Crippen LogP contribution is 2.24. The zero-order valence-corrected chi connectivity index (χ0v) is 12.6. The fraction of sp³-hybridized carbons (Fsp3) is 0.667. The second kappa shape index (κ2) is 6.58. The van der Waals surface area contributed by atoms with Crippen LogP contribution in [-0.2, 0) is 9.53 Å². The summed E-state index contributed by atoms with van der Waals surface area (Å²) in [6.45, 7) is 2.73. The van der Waals surface area contributed by atoms with Gasteiger partial charge in [-0.3, -0.25) is 9.78 Å². The van der Waals surface area contributed by atoms with Crippen molar-refractivity contribution in [2.75, 3.05) is 37.7 Å². The van der Waals surface area contributed by atoms with Gasteiger partial charge in [-0.25, -0.2) is 4.98 Å². The monoisotopic (exact) mass is 306 g/mol. The number of hydrogen-bond donors (Lipinski definition) is 2. The summed E-state index contributed by atoms with van der Waals surface area (Å²) in [4.78, 5) is 22.4. The van der Waals surface area contributed by atoms with Crippen molar-refractivity contribution in [2.24, 2.45) is 5.92 Å². The lowest BCUT2D eigenvalue weighted by Gasteiger charge is -2.26. The molecule has 1 atom stereocenters. The Morgan fingerprint density at radius 1 is 1.45 bits per heavy atom. The Hall–Kier alpha value is -1.73. The number of anilines is 1. The van der Waals surface area contributed by atoms with Gasteiger partial charge in [0.15, 0.2) is 0 Å². The van der Waals surface area contributed by atoms with Gasteiger partial charge >= 0.3 is 0 Å². The lowest BCUT2D eigenvalue weighted by atomic mass is 9.98. The molecule has 120 valence electrons. The smallest absolute Gasteiger partial charge is 0.223 e. The first-order chi connectivity index (χ1) is 10.7. The quantitative estimate of drug-likeness (QED) is 0.812. The summed E-state index contributed by atoms with van der Waals surface area (Å²) in [6, 6.07) is 0. The Kier molecular flexibility index (Phi) is 4.54. The van der Waals surface area contributed by atoms with Crippen molar-refractivity contribution in [3.8, 4) is 0 Å². The number of aliphatic hydroxyl groups is 1. The summed E-state index contributed by atoms with van der Waals surface area (Å²) in [5, 5.41) is 13.5. The van der Waals surface area contributed by atoms with Gasteiger partial charge in [0.05, 0.1) is 6.20 Å². The number of nitrogens with one attached hydrogen (secondary N) is 1. The molecular weight excluding hydrogens is 284 g/mol. The average molecular weight is 306 g/mol. The molecule has 0 bridgehead atoms. The molecule has 2 fully saturated rings. The third kappa shape index (κ3) is 3.53. The van der Waals surface area contributed by atoms with Crippen LogP contribution in [0.3, 0.4) is 0 Å². The number of rotatable bonds is 4. The molecular formula is C15H22N4O3. The molecule has 0 aromatic carbocycles. The van der Waals surface area contributed by atoms with Crippen LogP contribution in [0.2, 0.25) is 0 Å². The normalized spacial score (nSPS) is 26.1. The van der Waals surface area contributed by atoms with Crippen LogP contribution in [0, 0.1) is 5.92 Å². The van der Waals surface area contributed by atoms with E-state index in [4.69, 9.17) is 4.74 Å². The summed E-state index contributed by atoms with van der Waals surface area (Å²) in [5.41, 5.74) is -0.904. The SMILES string of the molecule is O=C(NCC1(O)CCN(c2cnccn2)C1)C1CCOCC1. The van der Waals surface area contributed by atoms with Gasteiger partial charge in [-0.1, -0.05) is 0 Å². The molecule has 1 aromatic heterocycles. The third-order valence-corrected chi connectivity index (χ3v) is 4.39. The number of β-amino-alcohol motifs (C(OH)–C–C–N with tert-alkyl or cyclic N) is 1. The van der Waals surface area contributed by atoms with Gasteiger partial charge < -0.3 is 20.1 Å². The largest absolute Gasteiger partial charge is 0.386 e. The zero-order chi connectivity index (χ0) is 15.4. The maximum absolute atomic E-state index is 12.1. The highest BCUT2D eigenvalue weighted by Gasteiger charge is 2.37. The molecule has 3 rings (SSSR count). The molecule has 0 radical (unpaired) electrons. The van der Waals surface area contributed by atoms with E-state index in [9.17, 15) is 9.90 Å². The molecule has 7 nitrogen and oxygen atoms in total. The van der Waals surface area contributed by atoms with Crippen molar-refractivity contribution < 1.29 is 14.6 Å². The van der Waals surface area contributed by atoms with Crippen LogP contribution in [0.15, 0.2) is 18.6 Å². The molecule has 0 aliphatic carbocycles. The first kappa shape index (κ1) is 15.2. The van der Waals surface area contributed by atoms with Gasteiger partial charge in [0, 0.05) is 51.2 Å². The van der Waals surface area contributed by atoms with Gasteiger partial charge in [0.2, 0.25) is 5.91 Å². The highest BCUT2D eigenvalue weighted by atomic mass is 16.5. The first-order valence-electron chi connectivity index (χ1n) is 7.75. The predicted octanol–water partition coefficient (Wildman–Crippen LogP) is -0.0394. The maximum Gasteiger partial charge on any atom is 0.223 e. The number of hydrogen-bond acceptors (Lipinski definition) is 6. The number of carbonyl (C=O) groups excluding carboxylic acids is 1. The summed E-state index contributed by atoms with van der Waals surface area (Å²) in [5.74, 6) is 0.790. The molecule has 0 spiro atoms. The molecule has 0 saturated carbocycles. The number of aromatic nitrogens is 2. The summed E-state index contributed by atoms with van der Waals surface area (Å²) in [7, 11) is 0. The van der Waals surface area contributed by atoms with Gasteiger partial charge in [-0.15, -0.1) is 0 Å². The fourth-order valence-electron chi connectivity index (χ4n) is 3.01. The molecule has 1 amide bonds. The average Bonchev–Trinajstić information content (AvgIpc) is 2.97. The van der Waals surface area contributed by atoms with E-state index in [0.717, 1.165) is 18.7 Å². The lowest BCUT2D eigenvalue weighted by molar-refractivity contribution is -0.128. The number of nitrogens with zero attached hydrogens (tertiary/aromatic N) is 3. The van der Waals surface area contributed by atoms with Crippen LogP contribution in [0.25, 0.3) is 0 Å². The van der Waals surface area contributed by atoms with Crippen molar-refractivity contribution in [3.05, 3.63) is 18.6 Å². The Morgan fingerprint density at radius 3 is 3.00 bits per heavy atom. The fourth-order valence-corrected chi connectivity index (χ4v) is 3.01. The van der Waals surface area contributed by atoms with Crippen molar-refractivity contribution in [3.63, 3.8) is 0 Å². The van der Waals surface area contributed by atoms with Crippen molar-refractivity contribution in [2.45, 2.75) is 24.9 Å². The molecule has 3 heterocycles. The Morgan fingerprint density at radius 2 is 2.27 bits per heavy atom. The van der Waals surface area contributed by atoms with E-state index in [2.05, 4.69) is 15.3 Å². The van der Waals surface area contributed by atoms with Gasteiger partial charge in [0.25, 0.3) is 0 Å². The Bertz CT molecular complexity index is 507. The van der Waals surface area contributed by atoms with Crippen LogP contribution in [0.4, 0.5) is 5.82 Å². The van der Waals surface area contributed by atoms with Crippen molar-refractivity contribution >= 4 is 11.7 Å². The van der Waals surface area contributed by atoms with Gasteiger partial charge in [-0.05, 0) is 19.3 Å². The highest BCUT2D eigenvalue weighted by molar-refractivity contribution is 5.78. The van der Waals surface area contributed by atoms with Crippen LogP contribution in [-0.4, -0.2) is 59.4 Å². The number of amides is 1. The van der Waals surface area contributed by atoms with Crippen molar-refractivity contribution in [1.29, 1.82) is 0 Å². The molecule has 22 heavy (non-hydrogen) atoms.